The molecule has 0 bridgehead atoms. The largest absolute Gasteiger partial charge is 0.381 e. The monoisotopic (exact) mass is 183 g/mol. The van der Waals surface area contributed by atoms with Gasteiger partial charge in [0, 0.05) is 18.8 Å². The van der Waals surface area contributed by atoms with Crippen LogP contribution >= 0.6 is 0 Å². The maximum Gasteiger partial charge on any atom is 0.0494 e. The van der Waals surface area contributed by atoms with Gasteiger partial charge in [-0.25, -0.2) is 0 Å². The van der Waals surface area contributed by atoms with Gasteiger partial charge >= 0.3 is 0 Å². The van der Waals surface area contributed by atoms with Gasteiger partial charge in [-0.1, -0.05) is 0 Å². The average Bonchev–Trinajstić information content (AvgIpc) is 2.13. The van der Waals surface area contributed by atoms with Gasteiger partial charge in [-0.05, 0) is 50.9 Å². The Labute approximate surface area is 80.8 Å². The van der Waals surface area contributed by atoms with E-state index in [1.807, 2.05) is 0 Å². The maximum atomic E-state index is 6.18. The average molecular weight is 183 g/mol. The zero-order valence-electron chi connectivity index (χ0n) is 8.43. The first-order valence-corrected chi connectivity index (χ1v) is 5.65. The van der Waals surface area contributed by atoms with E-state index in [9.17, 15) is 0 Å². The highest BCUT2D eigenvalue weighted by atomic mass is 16.5. The number of ether oxygens (including phenoxy) is 1. The molecule has 0 aromatic heterocycles. The van der Waals surface area contributed by atoms with Crippen LogP contribution in [0.5, 0.6) is 0 Å². The third kappa shape index (κ3) is 2.44. The fraction of sp³-hybridized carbons (Fsp3) is 1.00. The molecule has 2 fully saturated rings. The molecule has 0 radical (unpaired) electrons. The Balaban J connectivity index is 1.66. The van der Waals surface area contributed by atoms with Crippen molar-refractivity contribution in [2.24, 2.45) is 11.7 Å². The summed E-state index contributed by atoms with van der Waals surface area (Å²) in [4.78, 5) is 0. The van der Waals surface area contributed by atoms with E-state index in [0.717, 1.165) is 19.1 Å². The molecule has 2 rings (SSSR count). The Bertz CT molecular complexity index is 159. The van der Waals surface area contributed by atoms with Crippen molar-refractivity contribution < 1.29 is 4.74 Å². The molecule has 2 N–H and O–H groups in total. The van der Waals surface area contributed by atoms with E-state index in [-0.39, 0.29) is 5.54 Å². The Hall–Kier alpha value is -0.0800. The maximum absolute atomic E-state index is 6.18. The van der Waals surface area contributed by atoms with Crippen LogP contribution in [0.15, 0.2) is 0 Å². The van der Waals surface area contributed by atoms with Gasteiger partial charge in [0.05, 0.1) is 0 Å². The van der Waals surface area contributed by atoms with Crippen LogP contribution in [0.25, 0.3) is 0 Å². The fourth-order valence-corrected chi connectivity index (χ4v) is 2.41. The molecule has 1 aliphatic heterocycles. The Morgan fingerprint density at radius 3 is 2.69 bits per heavy atom. The van der Waals surface area contributed by atoms with E-state index in [0.29, 0.717) is 0 Å². The lowest BCUT2D eigenvalue weighted by Gasteiger charge is -2.39. The molecular formula is C11H21NO. The molecule has 0 spiro atoms. The fourth-order valence-electron chi connectivity index (χ4n) is 2.41. The van der Waals surface area contributed by atoms with Crippen LogP contribution in [0.4, 0.5) is 0 Å². The normalized spacial score (nSPS) is 32.5. The van der Waals surface area contributed by atoms with Crippen molar-refractivity contribution in [1.29, 1.82) is 0 Å². The van der Waals surface area contributed by atoms with Crippen molar-refractivity contribution in [2.45, 2.75) is 50.5 Å². The van der Waals surface area contributed by atoms with E-state index in [4.69, 9.17) is 10.5 Å². The number of nitrogens with two attached hydrogens (primary N) is 1. The first kappa shape index (κ1) is 9.47. The molecule has 13 heavy (non-hydrogen) atoms. The SMILES string of the molecule is NC1(CCC2CCCOC2)CCC1. The minimum absolute atomic E-state index is 0.220. The van der Waals surface area contributed by atoms with Crippen LogP contribution in [0.2, 0.25) is 0 Å². The highest BCUT2D eigenvalue weighted by molar-refractivity contribution is 4.92. The van der Waals surface area contributed by atoms with Crippen molar-refractivity contribution >= 4 is 0 Å². The Kier molecular flexibility index (Phi) is 2.89. The van der Waals surface area contributed by atoms with Crippen LogP contribution < -0.4 is 5.73 Å². The summed E-state index contributed by atoms with van der Waals surface area (Å²) in [6.07, 6.45) is 8.97. The van der Waals surface area contributed by atoms with Crippen LogP contribution in [0.1, 0.15) is 44.9 Å². The van der Waals surface area contributed by atoms with Crippen molar-refractivity contribution in [2.75, 3.05) is 13.2 Å². The standard InChI is InChI=1S/C11H21NO/c12-11(5-2-6-11)7-4-10-3-1-8-13-9-10/h10H,1-9,12H2. The number of hydrogen-bond donors (Lipinski definition) is 1. The molecule has 1 heterocycles. The van der Waals surface area contributed by atoms with Crippen LogP contribution in [0.3, 0.4) is 0 Å². The summed E-state index contributed by atoms with van der Waals surface area (Å²) in [5, 5.41) is 0. The van der Waals surface area contributed by atoms with Gasteiger partial charge < -0.3 is 10.5 Å². The molecule has 76 valence electrons. The lowest BCUT2D eigenvalue weighted by molar-refractivity contribution is 0.0457. The van der Waals surface area contributed by atoms with Gasteiger partial charge in [0.1, 0.15) is 0 Å². The molecule has 0 aromatic rings. The summed E-state index contributed by atoms with van der Waals surface area (Å²) in [5.74, 6) is 0.801. The smallest absolute Gasteiger partial charge is 0.0494 e. The molecule has 2 heteroatoms. The van der Waals surface area contributed by atoms with E-state index in [1.54, 1.807) is 0 Å². The predicted molar refractivity (Wildman–Crippen MR) is 53.5 cm³/mol. The lowest BCUT2D eigenvalue weighted by Crippen LogP contribution is -2.46. The summed E-state index contributed by atoms with van der Waals surface area (Å²) in [7, 11) is 0. The van der Waals surface area contributed by atoms with Gasteiger partial charge in [0.2, 0.25) is 0 Å². The summed E-state index contributed by atoms with van der Waals surface area (Å²) in [6.45, 7) is 1.96. The van der Waals surface area contributed by atoms with Crippen molar-refractivity contribution in [3.05, 3.63) is 0 Å². The van der Waals surface area contributed by atoms with Crippen molar-refractivity contribution in [3.63, 3.8) is 0 Å². The van der Waals surface area contributed by atoms with E-state index in [1.165, 1.54) is 44.9 Å². The molecule has 1 atom stereocenters. The van der Waals surface area contributed by atoms with E-state index in [2.05, 4.69) is 0 Å². The van der Waals surface area contributed by atoms with Crippen LogP contribution in [-0.4, -0.2) is 18.8 Å². The molecular weight excluding hydrogens is 162 g/mol. The summed E-state index contributed by atoms with van der Waals surface area (Å²) >= 11 is 0. The van der Waals surface area contributed by atoms with E-state index >= 15 is 0 Å². The van der Waals surface area contributed by atoms with Crippen molar-refractivity contribution in [3.8, 4) is 0 Å². The van der Waals surface area contributed by atoms with Crippen LogP contribution in [-0.2, 0) is 4.74 Å². The molecule has 1 saturated heterocycles. The lowest BCUT2D eigenvalue weighted by atomic mass is 9.73. The summed E-state index contributed by atoms with van der Waals surface area (Å²) < 4.78 is 5.46. The first-order valence-electron chi connectivity index (χ1n) is 5.65. The molecule has 1 aliphatic carbocycles. The second-order valence-corrected chi connectivity index (χ2v) is 4.84. The second kappa shape index (κ2) is 3.97. The predicted octanol–water partition coefficient (Wildman–Crippen LogP) is 2.07. The molecule has 1 unspecified atom stereocenters. The van der Waals surface area contributed by atoms with Gasteiger partial charge in [-0.2, -0.15) is 0 Å². The zero-order chi connectivity index (χ0) is 9.15. The zero-order valence-corrected chi connectivity index (χ0v) is 8.43. The number of rotatable bonds is 3. The van der Waals surface area contributed by atoms with Gasteiger partial charge in [-0.3, -0.25) is 0 Å². The molecule has 2 aliphatic rings. The second-order valence-electron chi connectivity index (χ2n) is 4.84. The summed E-state index contributed by atoms with van der Waals surface area (Å²) in [5.41, 5.74) is 6.40. The topological polar surface area (TPSA) is 35.2 Å². The van der Waals surface area contributed by atoms with Crippen molar-refractivity contribution in [1.82, 2.24) is 0 Å². The van der Waals surface area contributed by atoms with E-state index < -0.39 is 0 Å². The van der Waals surface area contributed by atoms with Gasteiger partial charge in [0.15, 0.2) is 0 Å². The van der Waals surface area contributed by atoms with Gasteiger partial charge in [0.25, 0.3) is 0 Å². The minimum Gasteiger partial charge on any atom is -0.381 e. The first-order chi connectivity index (χ1) is 6.29. The molecule has 0 aromatic carbocycles. The molecule has 2 nitrogen and oxygen atoms in total. The highest BCUT2D eigenvalue weighted by Crippen LogP contribution is 2.35. The summed E-state index contributed by atoms with van der Waals surface area (Å²) in [6, 6.07) is 0. The molecule has 0 amide bonds. The number of hydrogen-bond acceptors (Lipinski definition) is 2. The third-order valence-electron chi connectivity index (χ3n) is 3.65. The quantitative estimate of drug-likeness (QED) is 0.727. The molecule has 1 saturated carbocycles. The van der Waals surface area contributed by atoms with Gasteiger partial charge in [-0.15, -0.1) is 0 Å². The third-order valence-corrected chi connectivity index (χ3v) is 3.65. The van der Waals surface area contributed by atoms with Crippen LogP contribution in [0, 0.1) is 5.92 Å². The Morgan fingerprint density at radius 1 is 1.31 bits per heavy atom. The highest BCUT2D eigenvalue weighted by Gasteiger charge is 2.32. The Morgan fingerprint density at radius 2 is 2.15 bits per heavy atom. The minimum atomic E-state index is 0.220.